The van der Waals surface area contributed by atoms with Crippen molar-refractivity contribution in [2.75, 3.05) is 0 Å². The Hall–Kier alpha value is -4.47. The van der Waals surface area contributed by atoms with E-state index in [1.807, 2.05) is 23.0 Å². The zero-order chi connectivity index (χ0) is 37.1. The van der Waals surface area contributed by atoms with Gasteiger partial charge < -0.3 is 9.30 Å². The second-order valence-corrected chi connectivity index (χ2v) is 15.0. The number of ether oxygens (including phenoxy) is 1. The second kappa shape index (κ2) is 17.3. The quantitative estimate of drug-likeness (QED) is 0.0807. The minimum absolute atomic E-state index is 0. The van der Waals surface area contributed by atoms with Crippen molar-refractivity contribution >= 4 is 21.8 Å². The molecule has 0 aliphatic heterocycles. The molecule has 4 aromatic carbocycles. The first-order valence-electron chi connectivity index (χ1n) is 19.5. The number of aromatic nitrogens is 4. The van der Waals surface area contributed by atoms with Crippen LogP contribution in [-0.2, 0) is 27.5 Å². The Morgan fingerprint density at radius 3 is 2.37 bits per heavy atom. The van der Waals surface area contributed by atoms with Crippen LogP contribution in [0.2, 0.25) is 0 Å². The minimum Gasteiger partial charge on any atom is -0.509 e. The largest absolute Gasteiger partial charge is 2.00 e. The van der Waals surface area contributed by atoms with Crippen LogP contribution in [0.1, 0.15) is 100 Å². The summed E-state index contributed by atoms with van der Waals surface area (Å²) in [5, 5.41) is 7.37. The first kappa shape index (κ1) is 39.2. The van der Waals surface area contributed by atoms with Gasteiger partial charge in [-0.1, -0.05) is 114 Å². The van der Waals surface area contributed by atoms with Crippen LogP contribution in [0.5, 0.6) is 11.5 Å². The predicted molar refractivity (Wildman–Crippen MR) is 220 cm³/mol. The summed E-state index contributed by atoms with van der Waals surface area (Å²) in [6, 6.07) is 37.5. The van der Waals surface area contributed by atoms with Crippen molar-refractivity contribution in [2.24, 2.45) is 5.92 Å². The van der Waals surface area contributed by atoms with Crippen LogP contribution < -0.4 is 4.74 Å². The molecule has 0 bridgehead atoms. The van der Waals surface area contributed by atoms with Gasteiger partial charge in [0.1, 0.15) is 5.82 Å². The maximum Gasteiger partial charge on any atom is 2.00 e. The molecule has 0 spiro atoms. The van der Waals surface area contributed by atoms with E-state index in [4.69, 9.17) is 14.8 Å². The Kier molecular flexibility index (Phi) is 12.6. The van der Waals surface area contributed by atoms with Crippen molar-refractivity contribution in [3.8, 4) is 34.1 Å². The van der Waals surface area contributed by atoms with Gasteiger partial charge in [-0.15, -0.1) is 35.7 Å². The summed E-state index contributed by atoms with van der Waals surface area (Å²) < 4.78 is 11.0. The molecule has 0 aliphatic carbocycles. The van der Waals surface area contributed by atoms with Crippen LogP contribution >= 0.6 is 0 Å². The summed E-state index contributed by atoms with van der Waals surface area (Å²) in [5.41, 5.74) is 11.1. The number of nitrogens with zero attached hydrogens (tertiary/aromatic N) is 4. The number of unbranched alkanes of at least 4 members (excludes halogenated alkanes) is 2. The molecule has 3 heterocycles. The van der Waals surface area contributed by atoms with Gasteiger partial charge in [-0.25, -0.2) is 4.98 Å². The van der Waals surface area contributed by atoms with Crippen molar-refractivity contribution in [3.05, 3.63) is 131 Å². The Morgan fingerprint density at radius 1 is 0.796 bits per heavy atom. The molecule has 7 rings (SSSR count). The smallest absolute Gasteiger partial charge is 0.509 e. The molecule has 3 aromatic heterocycles. The number of hydrogen-bond donors (Lipinski definition) is 0. The van der Waals surface area contributed by atoms with E-state index in [0.29, 0.717) is 23.3 Å². The van der Waals surface area contributed by atoms with E-state index in [1.54, 1.807) is 0 Å². The number of benzene rings is 4. The standard InChI is InChI=1S/C48H52N4O.Pt/c1-8-10-12-16-37-27-40(52-36(7)48(35(6)50-52)38-17-13-11-14-18-38)30-42(28-37)53-41-20-21-43-44-29-39(34(5)25-32(3)15-9-2)19-22-45(44)51(46(43)31-41)47-26-33(4)23-24-49-47;/h11,13-14,17-24,26-29,32,34H,8-10,12,15-16,25H2,1-7H3;/q-2;+2. The van der Waals surface area contributed by atoms with E-state index >= 15 is 0 Å². The molecule has 0 amide bonds. The van der Waals surface area contributed by atoms with Crippen molar-refractivity contribution in [1.29, 1.82) is 0 Å². The topological polar surface area (TPSA) is 44.9 Å². The van der Waals surface area contributed by atoms with Crippen molar-refractivity contribution in [2.45, 2.75) is 99.3 Å². The van der Waals surface area contributed by atoms with Crippen LogP contribution in [0.4, 0.5) is 0 Å². The van der Waals surface area contributed by atoms with E-state index in [1.165, 1.54) is 54.2 Å². The monoisotopic (exact) mass is 895 g/mol. The van der Waals surface area contributed by atoms with Gasteiger partial charge in [-0.05, 0) is 85.0 Å². The van der Waals surface area contributed by atoms with Crippen LogP contribution in [0.25, 0.3) is 44.4 Å². The van der Waals surface area contributed by atoms with Crippen molar-refractivity contribution in [1.82, 2.24) is 19.3 Å². The number of hydrogen-bond acceptors (Lipinski definition) is 3. The summed E-state index contributed by atoms with van der Waals surface area (Å²) in [7, 11) is 0. The number of aryl methyl sites for hydroxylation is 3. The van der Waals surface area contributed by atoms with E-state index in [-0.39, 0.29) is 21.1 Å². The summed E-state index contributed by atoms with van der Waals surface area (Å²) in [6.45, 7) is 15.6. The van der Waals surface area contributed by atoms with Crippen molar-refractivity contribution < 1.29 is 25.8 Å². The molecular formula is C48H52N4OPt. The number of fused-ring (bicyclic) bond motifs is 3. The fourth-order valence-electron chi connectivity index (χ4n) is 8.03. The number of rotatable bonds is 14. The van der Waals surface area contributed by atoms with Crippen molar-refractivity contribution in [3.63, 3.8) is 0 Å². The Bertz CT molecular complexity index is 2350. The summed E-state index contributed by atoms with van der Waals surface area (Å²) in [4.78, 5) is 4.83. The van der Waals surface area contributed by atoms with Gasteiger partial charge in [-0.3, -0.25) is 4.68 Å². The SMILES string of the molecule is CCCCCc1cc(Oc2[c-]c3c(cc2)c2cc(C(C)CC(C)CCC)ccc2n3-c2cc(C)ccn2)[c-]c(-n2nc(C)c(-c3ccccc3)c2C)c1.[Pt+2]. The molecule has 7 aromatic rings. The average Bonchev–Trinajstić information content (AvgIpc) is 3.64. The minimum atomic E-state index is 0. The molecule has 0 saturated heterocycles. The van der Waals surface area contributed by atoms with Gasteiger partial charge in [0.05, 0.1) is 5.69 Å². The predicted octanol–water partition coefficient (Wildman–Crippen LogP) is 13.0. The van der Waals surface area contributed by atoms with Crippen LogP contribution in [0, 0.1) is 38.8 Å². The molecule has 2 atom stereocenters. The maximum atomic E-state index is 6.71. The molecule has 2 unspecified atom stereocenters. The van der Waals surface area contributed by atoms with E-state index in [0.717, 1.165) is 63.3 Å². The first-order valence-corrected chi connectivity index (χ1v) is 19.5. The van der Waals surface area contributed by atoms with Gasteiger partial charge in [0.15, 0.2) is 0 Å². The van der Waals surface area contributed by atoms with E-state index in [2.05, 4.69) is 138 Å². The fraction of sp³-hybridized carbons (Fsp3) is 0.333. The molecule has 0 N–H and O–H groups in total. The fourth-order valence-corrected chi connectivity index (χ4v) is 8.03. The molecule has 0 saturated carbocycles. The first-order chi connectivity index (χ1) is 25.7. The van der Waals surface area contributed by atoms with Gasteiger partial charge >= 0.3 is 21.1 Å². The Morgan fingerprint density at radius 2 is 1.61 bits per heavy atom. The zero-order valence-electron chi connectivity index (χ0n) is 32.8. The molecule has 0 aliphatic rings. The molecule has 6 heteroatoms. The van der Waals surface area contributed by atoms with Gasteiger partial charge in [0.2, 0.25) is 0 Å². The molecule has 0 radical (unpaired) electrons. The molecule has 0 fully saturated rings. The Labute approximate surface area is 336 Å². The number of pyridine rings is 1. The third-order valence-corrected chi connectivity index (χ3v) is 10.7. The van der Waals surface area contributed by atoms with Gasteiger partial charge in [0, 0.05) is 34.5 Å². The normalized spacial score (nSPS) is 12.6. The van der Waals surface area contributed by atoms with E-state index in [9.17, 15) is 0 Å². The molecule has 5 nitrogen and oxygen atoms in total. The molecule has 54 heavy (non-hydrogen) atoms. The van der Waals surface area contributed by atoms with Gasteiger partial charge in [-0.2, -0.15) is 16.7 Å². The van der Waals surface area contributed by atoms with Gasteiger partial charge in [0.25, 0.3) is 0 Å². The molecule has 280 valence electrons. The van der Waals surface area contributed by atoms with Crippen LogP contribution in [0.15, 0.2) is 91.1 Å². The summed E-state index contributed by atoms with van der Waals surface area (Å²) in [5.74, 6) is 3.35. The third-order valence-electron chi connectivity index (χ3n) is 10.7. The average molecular weight is 896 g/mol. The Balaban J connectivity index is 0.00000497. The summed E-state index contributed by atoms with van der Waals surface area (Å²) in [6.07, 6.45) is 9.99. The van der Waals surface area contributed by atoms with Crippen LogP contribution in [-0.4, -0.2) is 19.3 Å². The van der Waals surface area contributed by atoms with Crippen LogP contribution in [0.3, 0.4) is 0 Å². The van der Waals surface area contributed by atoms with E-state index < -0.39 is 0 Å². The maximum absolute atomic E-state index is 6.71. The molecular weight excluding hydrogens is 844 g/mol. The second-order valence-electron chi connectivity index (χ2n) is 15.0. The zero-order valence-corrected chi connectivity index (χ0v) is 35.1. The summed E-state index contributed by atoms with van der Waals surface area (Å²) >= 11 is 0. The third kappa shape index (κ3) is 8.27.